The number of aromatic nitrogens is 2. The Balaban J connectivity index is 2.86. The molecule has 0 N–H and O–H groups in total. The third-order valence-corrected chi connectivity index (χ3v) is 1.99. The van der Waals surface area contributed by atoms with Crippen molar-refractivity contribution in [3.63, 3.8) is 0 Å². The summed E-state index contributed by atoms with van der Waals surface area (Å²) in [5.41, 5.74) is 1.07. The molecular formula is C9H14N2S. The van der Waals surface area contributed by atoms with Crippen LogP contribution in [-0.4, -0.2) is 9.97 Å². The molecular weight excluding hydrogens is 168 g/mol. The lowest BCUT2D eigenvalue weighted by Crippen LogP contribution is -1.98. The van der Waals surface area contributed by atoms with Crippen molar-refractivity contribution in [2.24, 2.45) is 0 Å². The standard InChI is InChI=1S/C9H14N2S/c1-6(2)9-10-4-8(5-11-9)7(3)12/h4-7,12H,1-3H3. The van der Waals surface area contributed by atoms with Crippen LogP contribution in [-0.2, 0) is 0 Å². The van der Waals surface area contributed by atoms with Crippen LogP contribution in [0.2, 0.25) is 0 Å². The normalized spacial score (nSPS) is 13.4. The maximum Gasteiger partial charge on any atom is 0.130 e. The van der Waals surface area contributed by atoms with Gasteiger partial charge in [-0.15, -0.1) is 0 Å². The molecule has 66 valence electrons. The van der Waals surface area contributed by atoms with E-state index >= 15 is 0 Å². The Kier molecular flexibility index (Phi) is 3.09. The van der Waals surface area contributed by atoms with Crippen molar-refractivity contribution < 1.29 is 0 Å². The van der Waals surface area contributed by atoms with Crippen LogP contribution in [0.25, 0.3) is 0 Å². The van der Waals surface area contributed by atoms with E-state index in [4.69, 9.17) is 0 Å². The van der Waals surface area contributed by atoms with Gasteiger partial charge in [0.1, 0.15) is 5.82 Å². The minimum Gasteiger partial charge on any atom is -0.241 e. The van der Waals surface area contributed by atoms with E-state index in [1.54, 1.807) is 0 Å². The van der Waals surface area contributed by atoms with Crippen molar-refractivity contribution in [1.82, 2.24) is 9.97 Å². The van der Waals surface area contributed by atoms with Crippen LogP contribution in [0.15, 0.2) is 12.4 Å². The number of nitrogens with zero attached hydrogens (tertiary/aromatic N) is 2. The molecule has 1 aromatic heterocycles. The second-order valence-corrected chi connectivity index (χ2v) is 3.98. The first-order chi connectivity index (χ1) is 5.61. The molecule has 0 saturated carbocycles. The van der Waals surface area contributed by atoms with Crippen molar-refractivity contribution in [2.75, 3.05) is 0 Å². The molecule has 0 amide bonds. The first-order valence-electron chi connectivity index (χ1n) is 4.11. The molecule has 1 aromatic rings. The lowest BCUT2D eigenvalue weighted by atomic mass is 10.2. The minimum atomic E-state index is 0.214. The lowest BCUT2D eigenvalue weighted by Gasteiger charge is -2.05. The number of rotatable bonds is 2. The summed E-state index contributed by atoms with van der Waals surface area (Å²) < 4.78 is 0. The van der Waals surface area contributed by atoms with Crippen LogP contribution in [0, 0.1) is 0 Å². The van der Waals surface area contributed by atoms with Gasteiger partial charge < -0.3 is 0 Å². The Morgan fingerprint density at radius 2 is 1.67 bits per heavy atom. The molecule has 2 nitrogen and oxygen atoms in total. The summed E-state index contributed by atoms with van der Waals surface area (Å²) in [5, 5.41) is 0.214. The molecule has 1 heterocycles. The molecule has 0 aromatic carbocycles. The zero-order chi connectivity index (χ0) is 9.14. The molecule has 3 heteroatoms. The van der Waals surface area contributed by atoms with E-state index in [1.807, 2.05) is 19.3 Å². The first-order valence-corrected chi connectivity index (χ1v) is 4.62. The Morgan fingerprint density at radius 1 is 1.17 bits per heavy atom. The van der Waals surface area contributed by atoms with E-state index < -0.39 is 0 Å². The van der Waals surface area contributed by atoms with Gasteiger partial charge in [0, 0.05) is 29.1 Å². The fourth-order valence-electron chi connectivity index (χ4n) is 0.862. The van der Waals surface area contributed by atoms with Crippen LogP contribution in [0.3, 0.4) is 0 Å². The third-order valence-electron chi connectivity index (χ3n) is 1.69. The number of hydrogen-bond acceptors (Lipinski definition) is 3. The van der Waals surface area contributed by atoms with Gasteiger partial charge in [0.05, 0.1) is 0 Å². The predicted molar refractivity (Wildman–Crippen MR) is 53.5 cm³/mol. The van der Waals surface area contributed by atoms with Gasteiger partial charge in [-0.05, 0) is 6.92 Å². The van der Waals surface area contributed by atoms with E-state index in [0.717, 1.165) is 11.4 Å². The molecule has 1 unspecified atom stereocenters. The second-order valence-electron chi connectivity index (χ2n) is 3.21. The first kappa shape index (κ1) is 9.52. The van der Waals surface area contributed by atoms with Crippen LogP contribution < -0.4 is 0 Å². The fourth-order valence-corrected chi connectivity index (χ4v) is 0.995. The number of thiol groups is 1. The maximum atomic E-state index is 4.29. The van der Waals surface area contributed by atoms with Gasteiger partial charge in [-0.2, -0.15) is 12.6 Å². The summed E-state index contributed by atoms with van der Waals surface area (Å²) >= 11 is 4.29. The van der Waals surface area contributed by atoms with Gasteiger partial charge >= 0.3 is 0 Å². The molecule has 0 saturated heterocycles. The molecule has 0 fully saturated rings. The molecule has 0 bridgehead atoms. The van der Waals surface area contributed by atoms with Gasteiger partial charge in [-0.25, -0.2) is 9.97 Å². The van der Waals surface area contributed by atoms with Crippen molar-refractivity contribution >= 4 is 12.6 Å². The van der Waals surface area contributed by atoms with Crippen molar-refractivity contribution in [1.29, 1.82) is 0 Å². The van der Waals surface area contributed by atoms with Gasteiger partial charge in [-0.3, -0.25) is 0 Å². The smallest absolute Gasteiger partial charge is 0.130 e. The Bertz CT molecular complexity index is 214. The highest BCUT2D eigenvalue weighted by atomic mass is 32.1. The number of hydrogen-bond donors (Lipinski definition) is 1. The van der Waals surface area contributed by atoms with Crippen LogP contribution >= 0.6 is 12.6 Å². The summed E-state index contributed by atoms with van der Waals surface area (Å²) in [5.74, 6) is 1.29. The van der Waals surface area contributed by atoms with E-state index in [9.17, 15) is 0 Å². The zero-order valence-corrected chi connectivity index (χ0v) is 8.55. The molecule has 0 aliphatic heterocycles. The summed E-state index contributed by atoms with van der Waals surface area (Å²) in [6.07, 6.45) is 3.69. The van der Waals surface area contributed by atoms with Crippen molar-refractivity contribution in [3.8, 4) is 0 Å². The molecule has 12 heavy (non-hydrogen) atoms. The average molecular weight is 182 g/mol. The highest BCUT2D eigenvalue weighted by Crippen LogP contribution is 2.17. The molecule has 1 rings (SSSR count). The van der Waals surface area contributed by atoms with Crippen LogP contribution in [0.5, 0.6) is 0 Å². The monoisotopic (exact) mass is 182 g/mol. The molecule has 1 atom stereocenters. The van der Waals surface area contributed by atoms with E-state index in [1.165, 1.54) is 0 Å². The van der Waals surface area contributed by atoms with Gasteiger partial charge in [0.15, 0.2) is 0 Å². The van der Waals surface area contributed by atoms with Crippen LogP contribution in [0.4, 0.5) is 0 Å². The van der Waals surface area contributed by atoms with Crippen molar-refractivity contribution in [3.05, 3.63) is 23.8 Å². The molecule has 0 spiro atoms. The molecule has 0 aliphatic rings. The molecule has 0 radical (unpaired) electrons. The summed E-state index contributed by atoms with van der Waals surface area (Å²) in [4.78, 5) is 8.48. The average Bonchev–Trinajstić information content (AvgIpc) is 2.04. The molecule has 0 aliphatic carbocycles. The second kappa shape index (κ2) is 3.90. The quantitative estimate of drug-likeness (QED) is 0.711. The van der Waals surface area contributed by atoms with E-state index in [0.29, 0.717) is 5.92 Å². The van der Waals surface area contributed by atoms with Gasteiger partial charge in [0.2, 0.25) is 0 Å². The minimum absolute atomic E-state index is 0.214. The highest BCUT2D eigenvalue weighted by molar-refractivity contribution is 7.80. The lowest BCUT2D eigenvalue weighted by molar-refractivity contribution is 0.767. The van der Waals surface area contributed by atoms with Crippen LogP contribution in [0.1, 0.15) is 43.3 Å². The Hall–Kier alpha value is -0.570. The third kappa shape index (κ3) is 2.21. The maximum absolute atomic E-state index is 4.29. The Labute approximate surface area is 78.9 Å². The summed E-state index contributed by atoms with van der Waals surface area (Å²) in [7, 11) is 0. The van der Waals surface area contributed by atoms with Gasteiger partial charge in [-0.1, -0.05) is 13.8 Å². The topological polar surface area (TPSA) is 25.8 Å². The van der Waals surface area contributed by atoms with E-state index in [2.05, 4.69) is 36.4 Å². The fraction of sp³-hybridized carbons (Fsp3) is 0.556. The SMILES string of the molecule is CC(C)c1ncc(C(C)S)cn1. The summed E-state index contributed by atoms with van der Waals surface area (Å²) in [6, 6.07) is 0. The Morgan fingerprint density at radius 3 is 2.00 bits per heavy atom. The van der Waals surface area contributed by atoms with Crippen molar-refractivity contribution in [2.45, 2.75) is 31.9 Å². The summed E-state index contributed by atoms with van der Waals surface area (Å²) in [6.45, 7) is 6.18. The van der Waals surface area contributed by atoms with Gasteiger partial charge in [0.25, 0.3) is 0 Å². The zero-order valence-electron chi connectivity index (χ0n) is 7.65. The largest absolute Gasteiger partial charge is 0.241 e. The van der Waals surface area contributed by atoms with E-state index in [-0.39, 0.29) is 5.25 Å². The predicted octanol–water partition coefficient (Wildman–Crippen LogP) is 2.59. The highest BCUT2D eigenvalue weighted by Gasteiger charge is 2.04.